The van der Waals surface area contributed by atoms with Crippen LogP contribution in [0.2, 0.25) is 0 Å². The second-order valence-corrected chi connectivity index (χ2v) is 5.77. The Hall–Kier alpha value is -1.16. The van der Waals surface area contributed by atoms with Crippen LogP contribution < -0.4 is 0 Å². The Kier molecular flexibility index (Phi) is 5.35. The lowest BCUT2D eigenvalue weighted by molar-refractivity contribution is 0.0882. The van der Waals surface area contributed by atoms with Crippen molar-refractivity contribution in [3.63, 3.8) is 0 Å². The van der Waals surface area contributed by atoms with Crippen LogP contribution in [0.1, 0.15) is 56.4 Å². The number of pyridine rings is 1. The van der Waals surface area contributed by atoms with Gasteiger partial charge in [-0.1, -0.05) is 33.1 Å². The Bertz CT molecular complexity index is 585. The van der Waals surface area contributed by atoms with Gasteiger partial charge in [0.1, 0.15) is 5.69 Å². The predicted molar refractivity (Wildman–Crippen MR) is 85.1 cm³/mol. The van der Waals surface area contributed by atoms with Gasteiger partial charge in [-0.15, -0.1) is 0 Å². The van der Waals surface area contributed by atoms with Crippen LogP contribution >= 0.6 is 15.9 Å². The first kappa shape index (κ1) is 15.2. The summed E-state index contributed by atoms with van der Waals surface area (Å²) in [6.07, 6.45) is 9.16. The number of halogens is 1. The summed E-state index contributed by atoms with van der Waals surface area (Å²) in [6, 6.07) is 3.90. The molecule has 0 spiro atoms. The minimum absolute atomic E-state index is 0.183. The van der Waals surface area contributed by atoms with Gasteiger partial charge in [-0.3, -0.25) is 9.20 Å². The number of carbonyl (C=O) groups is 1. The molecule has 0 aromatic carbocycles. The molecule has 1 saturated carbocycles. The van der Waals surface area contributed by atoms with Crippen molar-refractivity contribution in [2.45, 2.75) is 46.0 Å². The summed E-state index contributed by atoms with van der Waals surface area (Å²) in [4.78, 5) is 16.8. The molecule has 1 aliphatic rings. The molecule has 2 aromatic heterocycles. The first-order valence-electron chi connectivity index (χ1n) is 7.42. The van der Waals surface area contributed by atoms with Crippen molar-refractivity contribution < 1.29 is 4.79 Å². The third-order valence-electron chi connectivity index (χ3n) is 3.74. The van der Waals surface area contributed by atoms with Crippen LogP contribution in [-0.2, 0) is 0 Å². The van der Waals surface area contributed by atoms with Crippen molar-refractivity contribution in [2.75, 3.05) is 0 Å². The van der Waals surface area contributed by atoms with Crippen LogP contribution in [0.5, 0.6) is 0 Å². The van der Waals surface area contributed by atoms with Gasteiger partial charge in [-0.05, 0) is 40.9 Å². The van der Waals surface area contributed by atoms with E-state index in [0.717, 1.165) is 28.5 Å². The predicted octanol–water partition coefficient (Wildman–Crippen LogP) is 4.89. The van der Waals surface area contributed by atoms with Gasteiger partial charge in [-0.25, -0.2) is 4.98 Å². The molecular formula is C16H21BrN2O. The number of hydrogen-bond donors (Lipinski definition) is 0. The maximum atomic E-state index is 12.7. The van der Waals surface area contributed by atoms with Gasteiger partial charge in [0.2, 0.25) is 0 Å². The zero-order chi connectivity index (χ0) is 14.5. The Morgan fingerprint density at radius 2 is 1.95 bits per heavy atom. The first-order chi connectivity index (χ1) is 9.77. The molecule has 2 aromatic rings. The maximum Gasteiger partial charge on any atom is 0.183 e. The molecule has 1 aliphatic carbocycles. The number of aromatic nitrogens is 2. The maximum absolute atomic E-state index is 12.7. The molecule has 20 heavy (non-hydrogen) atoms. The lowest BCUT2D eigenvalue weighted by Crippen LogP contribution is -2.20. The zero-order valence-corrected chi connectivity index (χ0v) is 13.7. The highest BCUT2D eigenvalue weighted by Gasteiger charge is 2.25. The number of hydrogen-bond acceptors (Lipinski definition) is 2. The molecule has 0 saturated heterocycles. The van der Waals surface area contributed by atoms with Crippen molar-refractivity contribution in [1.29, 1.82) is 0 Å². The van der Waals surface area contributed by atoms with E-state index < -0.39 is 0 Å². The van der Waals surface area contributed by atoms with Crippen LogP contribution in [0.3, 0.4) is 0 Å². The van der Waals surface area contributed by atoms with E-state index in [4.69, 9.17) is 0 Å². The van der Waals surface area contributed by atoms with E-state index in [1.54, 1.807) is 12.5 Å². The van der Waals surface area contributed by atoms with Crippen molar-refractivity contribution in [3.8, 4) is 0 Å². The molecule has 0 radical (unpaired) electrons. The third kappa shape index (κ3) is 2.95. The van der Waals surface area contributed by atoms with Gasteiger partial charge in [0.05, 0.1) is 18.0 Å². The van der Waals surface area contributed by atoms with Crippen molar-refractivity contribution in [2.24, 2.45) is 5.92 Å². The SMILES string of the molecule is CC.O=C(c1c(Br)ccc2cncn12)C1CCCCC1. The molecule has 0 amide bonds. The first-order valence-corrected chi connectivity index (χ1v) is 8.21. The minimum Gasteiger partial charge on any atom is -0.295 e. The molecule has 0 atom stereocenters. The quantitative estimate of drug-likeness (QED) is 0.732. The Balaban J connectivity index is 0.000000704. The van der Waals surface area contributed by atoms with E-state index >= 15 is 0 Å². The van der Waals surface area contributed by atoms with Crippen LogP contribution in [0, 0.1) is 5.92 Å². The monoisotopic (exact) mass is 336 g/mol. The molecule has 0 N–H and O–H groups in total. The standard InChI is InChI=1S/C14H15BrN2O.C2H6/c15-12-7-6-11-8-16-9-17(11)13(12)14(18)10-4-2-1-3-5-10;1-2/h6-10H,1-5H2;1-2H3. The summed E-state index contributed by atoms with van der Waals surface area (Å²) in [5.74, 6) is 0.438. The van der Waals surface area contributed by atoms with E-state index in [-0.39, 0.29) is 11.7 Å². The highest BCUT2D eigenvalue weighted by atomic mass is 79.9. The molecule has 108 valence electrons. The summed E-state index contributed by atoms with van der Waals surface area (Å²) in [5.41, 5.74) is 1.72. The van der Waals surface area contributed by atoms with Crippen LogP contribution in [0.4, 0.5) is 0 Å². The minimum atomic E-state index is 0.183. The van der Waals surface area contributed by atoms with Gasteiger partial charge >= 0.3 is 0 Å². The molecular weight excluding hydrogens is 316 g/mol. The van der Waals surface area contributed by atoms with Gasteiger partial charge in [0.25, 0.3) is 0 Å². The fourth-order valence-corrected chi connectivity index (χ4v) is 3.28. The van der Waals surface area contributed by atoms with Gasteiger partial charge in [0.15, 0.2) is 5.78 Å². The second kappa shape index (κ2) is 7.02. The normalized spacial score (nSPS) is 15.8. The summed E-state index contributed by atoms with van der Waals surface area (Å²) in [6.45, 7) is 4.00. The lowest BCUT2D eigenvalue weighted by Gasteiger charge is -2.21. The summed E-state index contributed by atoms with van der Waals surface area (Å²) < 4.78 is 2.75. The molecule has 1 fully saturated rings. The van der Waals surface area contributed by atoms with Gasteiger partial charge in [-0.2, -0.15) is 0 Å². The van der Waals surface area contributed by atoms with E-state index in [1.807, 2.05) is 30.4 Å². The largest absolute Gasteiger partial charge is 0.295 e. The van der Waals surface area contributed by atoms with Gasteiger partial charge in [0, 0.05) is 10.4 Å². The molecule has 4 heteroatoms. The molecule has 3 rings (SSSR count). The molecule has 3 nitrogen and oxygen atoms in total. The lowest BCUT2D eigenvalue weighted by atomic mass is 9.85. The van der Waals surface area contributed by atoms with Crippen molar-refractivity contribution in [3.05, 3.63) is 34.8 Å². The Morgan fingerprint density at radius 3 is 2.65 bits per heavy atom. The highest BCUT2D eigenvalue weighted by molar-refractivity contribution is 9.10. The molecule has 2 heterocycles. The number of carbonyl (C=O) groups excluding carboxylic acids is 1. The third-order valence-corrected chi connectivity index (χ3v) is 4.38. The highest BCUT2D eigenvalue weighted by Crippen LogP contribution is 2.29. The molecule has 0 unspecified atom stereocenters. The van der Waals surface area contributed by atoms with Crippen LogP contribution in [-0.4, -0.2) is 15.2 Å². The topological polar surface area (TPSA) is 34.4 Å². The summed E-state index contributed by atoms with van der Waals surface area (Å²) >= 11 is 3.50. The van der Waals surface area contributed by atoms with E-state index in [9.17, 15) is 4.79 Å². The average molecular weight is 337 g/mol. The van der Waals surface area contributed by atoms with Crippen molar-refractivity contribution >= 4 is 27.2 Å². The number of fused-ring (bicyclic) bond motifs is 1. The number of rotatable bonds is 2. The number of imidazole rings is 1. The van der Waals surface area contributed by atoms with E-state index in [2.05, 4.69) is 20.9 Å². The fourth-order valence-electron chi connectivity index (χ4n) is 2.76. The zero-order valence-electron chi connectivity index (χ0n) is 12.1. The van der Waals surface area contributed by atoms with Crippen LogP contribution in [0.25, 0.3) is 5.52 Å². The van der Waals surface area contributed by atoms with E-state index in [1.165, 1.54) is 19.3 Å². The summed E-state index contributed by atoms with van der Waals surface area (Å²) in [7, 11) is 0. The number of nitrogens with zero attached hydrogens (tertiary/aromatic N) is 2. The van der Waals surface area contributed by atoms with Crippen LogP contribution in [0.15, 0.2) is 29.1 Å². The molecule has 0 aliphatic heterocycles. The van der Waals surface area contributed by atoms with Crippen molar-refractivity contribution in [1.82, 2.24) is 9.38 Å². The van der Waals surface area contributed by atoms with Gasteiger partial charge < -0.3 is 0 Å². The van der Waals surface area contributed by atoms with E-state index in [0.29, 0.717) is 0 Å². The Labute approximate surface area is 128 Å². The number of Topliss-reactive ketones (excluding diaryl/α,β-unsaturated/α-hetero) is 1. The smallest absolute Gasteiger partial charge is 0.183 e. The summed E-state index contributed by atoms with van der Waals surface area (Å²) in [5, 5.41) is 0. The average Bonchev–Trinajstić information content (AvgIpc) is 2.98. The molecule has 0 bridgehead atoms. The number of ketones is 1. The second-order valence-electron chi connectivity index (χ2n) is 4.92. The Morgan fingerprint density at radius 1 is 1.25 bits per heavy atom. The fraction of sp³-hybridized carbons (Fsp3) is 0.500.